The van der Waals surface area contributed by atoms with Crippen LogP contribution in [0.4, 0.5) is 0 Å². The van der Waals surface area contributed by atoms with Gasteiger partial charge in [-0.15, -0.1) is 11.3 Å². The molecule has 1 aromatic carbocycles. The van der Waals surface area contributed by atoms with Gasteiger partial charge in [0.15, 0.2) is 10.6 Å². The fourth-order valence-corrected chi connectivity index (χ4v) is 2.64. The molecule has 1 N–H and O–H groups in total. The van der Waals surface area contributed by atoms with Crippen LogP contribution in [-0.2, 0) is 0 Å². The molecule has 0 aliphatic carbocycles. The lowest BCUT2D eigenvalue weighted by molar-refractivity contribution is 0.0698. The number of hydrogen-bond acceptors (Lipinski definition) is 4. The van der Waals surface area contributed by atoms with Gasteiger partial charge in [0.05, 0.1) is 13.7 Å². The number of thiophene rings is 1. The Morgan fingerprint density at radius 3 is 2.83 bits per heavy atom. The van der Waals surface area contributed by atoms with E-state index < -0.39 is 5.97 Å². The summed E-state index contributed by atoms with van der Waals surface area (Å²) in [7, 11) is 1.58. The van der Waals surface area contributed by atoms with Crippen LogP contribution in [0.3, 0.4) is 0 Å². The number of ether oxygens (including phenoxy) is 2. The van der Waals surface area contributed by atoms with Gasteiger partial charge in [0.1, 0.15) is 5.75 Å². The van der Waals surface area contributed by atoms with Crippen molar-refractivity contribution in [2.45, 2.75) is 13.3 Å². The van der Waals surface area contributed by atoms with Crippen molar-refractivity contribution in [2.75, 3.05) is 13.7 Å². The molecule has 4 nitrogen and oxygen atoms in total. The first-order chi connectivity index (χ1) is 8.67. The quantitative estimate of drug-likeness (QED) is 0.901. The molecule has 0 bridgehead atoms. The van der Waals surface area contributed by atoms with Gasteiger partial charge in [0.25, 0.3) is 0 Å². The second kappa shape index (κ2) is 5.27. The molecular formula is C13H14O4S. The Bertz CT molecular complexity index is 574. The zero-order valence-electron chi connectivity index (χ0n) is 10.2. The molecule has 1 aromatic heterocycles. The van der Waals surface area contributed by atoms with Gasteiger partial charge < -0.3 is 14.6 Å². The van der Waals surface area contributed by atoms with Crippen molar-refractivity contribution in [3.8, 4) is 11.5 Å². The number of hydrogen-bond donors (Lipinski definition) is 1. The molecule has 0 spiro atoms. The SMILES string of the molecule is CCCOc1c(C(=O)O)sc2ccc(OC)cc12. The van der Waals surface area contributed by atoms with Crippen LogP contribution in [0.5, 0.6) is 11.5 Å². The summed E-state index contributed by atoms with van der Waals surface area (Å²) in [5.74, 6) is 0.183. The second-order valence-electron chi connectivity index (χ2n) is 3.78. The highest BCUT2D eigenvalue weighted by molar-refractivity contribution is 7.21. The van der Waals surface area contributed by atoms with Crippen LogP contribution >= 0.6 is 11.3 Å². The summed E-state index contributed by atoms with van der Waals surface area (Å²) in [4.78, 5) is 11.5. The van der Waals surface area contributed by atoms with Gasteiger partial charge in [0, 0.05) is 10.1 Å². The van der Waals surface area contributed by atoms with Gasteiger partial charge in [-0.3, -0.25) is 0 Å². The zero-order chi connectivity index (χ0) is 13.1. The Hall–Kier alpha value is -1.75. The monoisotopic (exact) mass is 266 g/mol. The second-order valence-corrected chi connectivity index (χ2v) is 4.83. The number of carbonyl (C=O) groups is 1. The van der Waals surface area contributed by atoms with Crippen molar-refractivity contribution in [1.29, 1.82) is 0 Å². The molecule has 2 rings (SSSR count). The minimum Gasteiger partial charge on any atom is -0.497 e. The molecule has 0 atom stereocenters. The maximum Gasteiger partial charge on any atom is 0.349 e. The van der Waals surface area contributed by atoms with Crippen LogP contribution in [0.15, 0.2) is 18.2 Å². The third-order valence-electron chi connectivity index (χ3n) is 2.49. The average molecular weight is 266 g/mol. The molecular weight excluding hydrogens is 252 g/mol. The Labute approximate surface area is 109 Å². The van der Waals surface area contributed by atoms with Crippen LogP contribution < -0.4 is 9.47 Å². The van der Waals surface area contributed by atoms with Crippen molar-refractivity contribution in [3.63, 3.8) is 0 Å². The molecule has 0 amide bonds. The van der Waals surface area contributed by atoms with Crippen LogP contribution in [0.1, 0.15) is 23.0 Å². The van der Waals surface area contributed by atoms with E-state index in [1.54, 1.807) is 7.11 Å². The topological polar surface area (TPSA) is 55.8 Å². The van der Waals surface area contributed by atoms with Crippen molar-refractivity contribution in [2.24, 2.45) is 0 Å². The lowest BCUT2D eigenvalue weighted by Crippen LogP contribution is -2.00. The molecule has 0 saturated carbocycles. The van der Waals surface area contributed by atoms with Crippen molar-refractivity contribution in [1.82, 2.24) is 0 Å². The number of aromatic carboxylic acids is 1. The standard InChI is InChI=1S/C13H14O4S/c1-3-6-17-11-9-7-8(16-2)4-5-10(9)18-12(11)13(14)15/h4-5,7H,3,6H2,1-2H3,(H,14,15). The van der Waals surface area contributed by atoms with Gasteiger partial charge in [-0.1, -0.05) is 6.92 Å². The van der Waals surface area contributed by atoms with Crippen LogP contribution in [0.25, 0.3) is 10.1 Å². The van der Waals surface area contributed by atoms with Crippen LogP contribution in [0, 0.1) is 0 Å². The molecule has 2 aromatic rings. The predicted molar refractivity (Wildman–Crippen MR) is 71.1 cm³/mol. The fraction of sp³-hybridized carbons (Fsp3) is 0.308. The Morgan fingerprint density at radius 2 is 2.22 bits per heavy atom. The molecule has 0 unspecified atom stereocenters. The first-order valence-electron chi connectivity index (χ1n) is 5.64. The van der Waals surface area contributed by atoms with Gasteiger partial charge in [-0.05, 0) is 24.6 Å². The molecule has 0 fully saturated rings. The first kappa shape index (κ1) is 12.7. The highest BCUT2D eigenvalue weighted by atomic mass is 32.1. The lowest BCUT2D eigenvalue weighted by atomic mass is 10.2. The Balaban J connectivity index is 2.58. The summed E-state index contributed by atoms with van der Waals surface area (Å²) >= 11 is 1.22. The van der Waals surface area contributed by atoms with E-state index in [0.29, 0.717) is 18.1 Å². The summed E-state index contributed by atoms with van der Waals surface area (Å²) in [6.07, 6.45) is 0.834. The summed E-state index contributed by atoms with van der Waals surface area (Å²) in [6.45, 7) is 2.49. The maximum absolute atomic E-state index is 11.2. The smallest absolute Gasteiger partial charge is 0.349 e. The molecule has 0 aliphatic rings. The van der Waals surface area contributed by atoms with E-state index >= 15 is 0 Å². The number of carboxylic acids is 1. The van der Waals surface area contributed by atoms with E-state index in [4.69, 9.17) is 9.47 Å². The molecule has 0 aliphatic heterocycles. The normalized spacial score (nSPS) is 10.6. The highest BCUT2D eigenvalue weighted by Crippen LogP contribution is 2.39. The number of carboxylic acid groups (broad SMARTS) is 1. The number of methoxy groups -OCH3 is 1. The Kier molecular flexibility index (Phi) is 3.72. The van der Waals surface area contributed by atoms with E-state index in [-0.39, 0.29) is 4.88 Å². The van der Waals surface area contributed by atoms with Gasteiger partial charge in [-0.2, -0.15) is 0 Å². The fourth-order valence-electron chi connectivity index (χ4n) is 1.67. The zero-order valence-corrected chi connectivity index (χ0v) is 11.0. The van der Waals surface area contributed by atoms with E-state index in [9.17, 15) is 9.90 Å². The van der Waals surface area contributed by atoms with Gasteiger partial charge in [0.2, 0.25) is 0 Å². The van der Waals surface area contributed by atoms with E-state index in [1.807, 2.05) is 25.1 Å². The largest absolute Gasteiger partial charge is 0.497 e. The molecule has 1 heterocycles. The third-order valence-corrected chi connectivity index (χ3v) is 3.63. The summed E-state index contributed by atoms with van der Waals surface area (Å²) in [5.41, 5.74) is 0. The predicted octanol–water partition coefficient (Wildman–Crippen LogP) is 3.40. The molecule has 0 saturated heterocycles. The summed E-state index contributed by atoms with van der Waals surface area (Å²) in [6, 6.07) is 5.47. The van der Waals surface area contributed by atoms with Crippen molar-refractivity contribution >= 4 is 27.4 Å². The van der Waals surface area contributed by atoms with Crippen molar-refractivity contribution < 1.29 is 19.4 Å². The van der Waals surface area contributed by atoms with Crippen LogP contribution in [-0.4, -0.2) is 24.8 Å². The average Bonchev–Trinajstić information content (AvgIpc) is 2.74. The highest BCUT2D eigenvalue weighted by Gasteiger charge is 2.19. The lowest BCUT2D eigenvalue weighted by Gasteiger charge is -2.05. The molecule has 18 heavy (non-hydrogen) atoms. The van der Waals surface area contributed by atoms with E-state index in [1.165, 1.54) is 11.3 Å². The molecule has 5 heteroatoms. The first-order valence-corrected chi connectivity index (χ1v) is 6.45. The summed E-state index contributed by atoms with van der Waals surface area (Å²) < 4.78 is 11.6. The van der Waals surface area contributed by atoms with E-state index in [2.05, 4.69) is 0 Å². The number of benzene rings is 1. The van der Waals surface area contributed by atoms with E-state index in [0.717, 1.165) is 16.5 Å². The third kappa shape index (κ3) is 2.26. The molecule has 0 radical (unpaired) electrons. The Morgan fingerprint density at radius 1 is 1.44 bits per heavy atom. The van der Waals surface area contributed by atoms with Gasteiger partial charge >= 0.3 is 5.97 Å². The summed E-state index contributed by atoms with van der Waals surface area (Å²) in [5, 5.41) is 9.99. The minimum absolute atomic E-state index is 0.242. The van der Waals surface area contributed by atoms with Gasteiger partial charge in [-0.25, -0.2) is 4.79 Å². The minimum atomic E-state index is -0.957. The van der Waals surface area contributed by atoms with Crippen LogP contribution in [0.2, 0.25) is 0 Å². The molecule has 96 valence electrons. The van der Waals surface area contributed by atoms with Crippen molar-refractivity contribution in [3.05, 3.63) is 23.1 Å². The number of fused-ring (bicyclic) bond motifs is 1. The number of rotatable bonds is 5. The maximum atomic E-state index is 11.2.